The van der Waals surface area contributed by atoms with Crippen molar-refractivity contribution in [2.75, 3.05) is 18.1 Å². The zero-order valence-corrected chi connectivity index (χ0v) is 19.2. The number of nitrogens with zero attached hydrogens (tertiary/aromatic N) is 2. The van der Waals surface area contributed by atoms with Gasteiger partial charge in [0.15, 0.2) is 5.13 Å². The number of aromatic nitrogens is 1. The van der Waals surface area contributed by atoms with Gasteiger partial charge in [-0.05, 0) is 67.1 Å². The largest absolute Gasteiger partial charge is 0.376 e. The number of fused-ring (bicyclic) bond motifs is 1. The first-order chi connectivity index (χ1) is 15.6. The summed E-state index contributed by atoms with van der Waals surface area (Å²) in [6.45, 7) is 5.47. The molecule has 4 aromatic rings. The number of hydrogen-bond acceptors (Lipinski definition) is 4. The number of ether oxygens (including phenoxy) is 1. The third-order valence-corrected chi connectivity index (χ3v) is 7.16. The van der Waals surface area contributed by atoms with E-state index in [1.165, 1.54) is 11.1 Å². The molecule has 0 radical (unpaired) electrons. The van der Waals surface area contributed by atoms with E-state index in [4.69, 9.17) is 9.72 Å². The van der Waals surface area contributed by atoms with Crippen LogP contribution in [-0.2, 0) is 4.74 Å². The molecule has 1 atom stereocenters. The number of benzene rings is 3. The Labute approximate surface area is 192 Å². The van der Waals surface area contributed by atoms with E-state index in [0.717, 1.165) is 45.9 Å². The number of thiazole rings is 1. The molecule has 1 unspecified atom stereocenters. The molecule has 1 aliphatic heterocycles. The lowest BCUT2D eigenvalue weighted by atomic mass is 10.0. The smallest absolute Gasteiger partial charge is 0.260 e. The summed E-state index contributed by atoms with van der Waals surface area (Å²) >= 11 is 1.59. The SMILES string of the molecule is Cc1cc(C)c2sc(N(CC3CCCO3)C(=O)c3ccc(-c4ccccc4)cc3)nc2c1. The minimum atomic E-state index is -0.0338. The van der Waals surface area contributed by atoms with Crippen LogP contribution < -0.4 is 4.90 Å². The summed E-state index contributed by atoms with van der Waals surface area (Å²) in [5.41, 5.74) is 6.22. The van der Waals surface area contributed by atoms with Gasteiger partial charge < -0.3 is 4.74 Å². The van der Waals surface area contributed by atoms with Crippen LogP contribution in [0.3, 0.4) is 0 Å². The maximum Gasteiger partial charge on any atom is 0.260 e. The molecule has 1 saturated heterocycles. The molecule has 0 aliphatic carbocycles. The molecule has 0 saturated carbocycles. The molecule has 32 heavy (non-hydrogen) atoms. The van der Waals surface area contributed by atoms with Crippen LogP contribution in [0.4, 0.5) is 5.13 Å². The highest BCUT2D eigenvalue weighted by atomic mass is 32.1. The van der Waals surface area contributed by atoms with Gasteiger partial charge in [0.05, 0.1) is 22.9 Å². The lowest BCUT2D eigenvalue weighted by Gasteiger charge is -2.23. The topological polar surface area (TPSA) is 42.4 Å². The van der Waals surface area contributed by atoms with Crippen molar-refractivity contribution in [1.29, 1.82) is 0 Å². The molecule has 3 aromatic carbocycles. The van der Waals surface area contributed by atoms with Crippen molar-refractivity contribution >= 4 is 32.6 Å². The summed E-state index contributed by atoms with van der Waals surface area (Å²) in [5.74, 6) is -0.0338. The summed E-state index contributed by atoms with van der Waals surface area (Å²) < 4.78 is 7.00. The fourth-order valence-electron chi connectivity index (χ4n) is 4.31. The van der Waals surface area contributed by atoms with Gasteiger partial charge in [0, 0.05) is 12.2 Å². The van der Waals surface area contributed by atoms with Gasteiger partial charge in [-0.25, -0.2) is 4.98 Å². The second kappa shape index (κ2) is 8.85. The quantitative estimate of drug-likeness (QED) is 0.359. The Kier molecular flexibility index (Phi) is 5.77. The molecule has 162 valence electrons. The molecule has 2 heterocycles. The van der Waals surface area contributed by atoms with Crippen molar-refractivity contribution in [3.8, 4) is 11.1 Å². The van der Waals surface area contributed by atoms with Gasteiger partial charge in [0.1, 0.15) is 0 Å². The van der Waals surface area contributed by atoms with Crippen LogP contribution in [0.15, 0.2) is 66.7 Å². The predicted molar refractivity (Wildman–Crippen MR) is 132 cm³/mol. The molecule has 1 aromatic heterocycles. The number of anilines is 1. The lowest BCUT2D eigenvalue weighted by Crippen LogP contribution is -2.37. The van der Waals surface area contributed by atoms with Crippen molar-refractivity contribution in [3.05, 3.63) is 83.4 Å². The van der Waals surface area contributed by atoms with Gasteiger partial charge in [-0.2, -0.15) is 0 Å². The Bertz CT molecular complexity index is 1240. The Morgan fingerprint density at radius 1 is 1.06 bits per heavy atom. The third-order valence-electron chi connectivity index (χ3n) is 5.93. The number of carbonyl (C=O) groups excluding carboxylic acids is 1. The van der Waals surface area contributed by atoms with Crippen LogP contribution in [0.25, 0.3) is 21.3 Å². The molecule has 1 aliphatic rings. The number of rotatable bonds is 5. The van der Waals surface area contributed by atoms with Gasteiger partial charge in [0.25, 0.3) is 5.91 Å². The van der Waals surface area contributed by atoms with E-state index < -0.39 is 0 Å². The van der Waals surface area contributed by atoms with Crippen molar-refractivity contribution in [2.45, 2.75) is 32.8 Å². The van der Waals surface area contributed by atoms with E-state index in [2.05, 4.69) is 38.1 Å². The molecule has 0 bridgehead atoms. The summed E-state index contributed by atoms with van der Waals surface area (Å²) in [5, 5.41) is 0.737. The number of hydrogen-bond donors (Lipinski definition) is 0. The highest BCUT2D eigenvalue weighted by Crippen LogP contribution is 2.34. The van der Waals surface area contributed by atoms with E-state index >= 15 is 0 Å². The first-order valence-electron chi connectivity index (χ1n) is 11.1. The van der Waals surface area contributed by atoms with E-state index in [0.29, 0.717) is 12.1 Å². The zero-order valence-electron chi connectivity index (χ0n) is 18.4. The summed E-state index contributed by atoms with van der Waals surface area (Å²) in [6, 6.07) is 22.3. The number of aryl methyl sites for hydroxylation is 2. The maximum atomic E-state index is 13.6. The van der Waals surface area contributed by atoms with E-state index in [9.17, 15) is 4.79 Å². The molecule has 5 heteroatoms. The Balaban J connectivity index is 1.49. The highest BCUT2D eigenvalue weighted by molar-refractivity contribution is 7.22. The zero-order chi connectivity index (χ0) is 22.1. The minimum Gasteiger partial charge on any atom is -0.376 e. The van der Waals surface area contributed by atoms with Crippen molar-refractivity contribution in [3.63, 3.8) is 0 Å². The highest BCUT2D eigenvalue weighted by Gasteiger charge is 2.27. The van der Waals surface area contributed by atoms with E-state index in [1.807, 2.05) is 47.4 Å². The average molecular weight is 443 g/mol. The van der Waals surface area contributed by atoms with Gasteiger partial charge in [-0.3, -0.25) is 9.69 Å². The van der Waals surface area contributed by atoms with Crippen LogP contribution in [0, 0.1) is 13.8 Å². The molecular formula is C27H26N2O2S. The van der Waals surface area contributed by atoms with Crippen molar-refractivity contribution in [1.82, 2.24) is 4.98 Å². The molecule has 1 amide bonds. The Morgan fingerprint density at radius 2 is 1.81 bits per heavy atom. The van der Waals surface area contributed by atoms with Gasteiger partial charge in [0.2, 0.25) is 0 Å². The molecule has 1 fully saturated rings. The van der Waals surface area contributed by atoms with Crippen LogP contribution in [-0.4, -0.2) is 30.1 Å². The Hall–Kier alpha value is -3.02. The average Bonchev–Trinajstić information content (AvgIpc) is 3.48. The van der Waals surface area contributed by atoms with E-state index in [1.54, 1.807) is 11.3 Å². The molecule has 5 rings (SSSR count). The fraction of sp³-hybridized carbons (Fsp3) is 0.259. The van der Waals surface area contributed by atoms with Crippen LogP contribution in [0.2, 0.25) is 0 Å². The third kappa shape index (κ3) is 4.18. The summed E-state index contributed by atoms with van der Waals surface area (Å²) in [4.78, 5) is 20.3. The van der Waals surface area contributed by atoms with Gasteiger partial charge >= 0.3 is 0 Å². The Morgan fingerprint density at radius 3 is 2.53 bits per heavy atom. The van der Waals surface area contributed by atoms with Crippen LogP contribution in [0.5, 0.6) is 0 Å². The monoisotopic (exact) mass is 442 g/mol. The lowest BCUT2D eigenvalue weighted by molar-refractivity contribution is 0.0917. The van der Waals surface area contributed by atoms with Crippen molar-refractivity contribution < 1.29 is 9.53 Å². The van der Waals surface area contributed by atoms with Gasteiger partial charge in [-0.15, -0.1) is 0 Å². The molecule has 0 spiro atoms. The first-order valence-corrected chi connectivity index (χ1v) is 11.9. The maximum absolute atomic E-state index is 13.6. The molecular weight excluding hydrogens is 416 g/mol. The van der Waals surface area contributed by atoms with Crippen LogP contribution in [0.1, 0.15) is 34.3 Å². The molecule has 4 nitrogen and oxygen atoms in total. The van der Waals surface area contributed by atoms with Crippen LogP contribution >= 0.6 is 11.3 Å². The first kappa shape index (κ1) is 20.9. The van der Waals surface area contributed by atoms with Gasteiger partial charge in [-0.1, -0.05) is 59.9 Å². The standard InChI is InChI=1S/C27H26N2O2S/c1-18-15-19(2)25-24(16-18)28-27(32-25)29(17-23-9-6-14-31-23)26(30)22-12-10-21(11-13-22)20-7-4-3-5-8-20/h3-5,7-8,10-13,15-16,23H,6,9,14,17H2,1-2H3. The number of carbonyl (C=O) groups is 1. The van der Waals surface area contributed by atoms with E-state index in [-0.39, 0.29) is 12.0 Å². The number of amides is 1. The minimum absolute atomic E-state index is 0.0338. The summed E-state index contributed by atoms with van der Waals surface area (Å²) in [6.07, 6.45) is 2.06. The predicted octanol–water partition coefficient (Wildman–Crippen LogP) is 6.41. The second-order valence-electron chi connectivity index (χ2n) is 8.42. The fourth-order valence-corrected chi connectivity index (χ4v) is 5.34. The normalized spacial score (nSPS) is 15.9. The second-order valence-corrected chi connectivity index (χ2v) is 9.40. The molecule has 0 N–H and O–H groups in total. The summed E-state index contributed by atoms with van der Waals surface area (Å²) in [7, 11) is 0. The van der Waals surface area contributed by atoms with Crippen molar-refractivity contribution in [2.24, 2.45) is 0 Å².